The predicted octanol–water partition coefficient (Wildman–Crippen LogP) is 1.41. The smallest absolute Gasteiger partial charge is 0.337 e. The number of anilines is 1. The molecule has 1 aliphatic heterocycles. The molecular weight excluding hydrogens is 397 g/mol. The highest BCUT2D eigenvalue weighted by Crippen LogP contribution is 2.37. The minimum Gasteiger partial charge on any atom is -0.337 e. The summed E-state index contributed by atoms with van der Waals surface area (Å²) in [7, 11) is 0. The van der Waals surface area contributed by atoms with Crippen molar-refractivity contribution in [1.82, 2.24) is 24.6 Å². The molecule has 0 bridgehead atoms. The molecule has 160 valence electrons. The fourth-order valence-corrected chi connectivity index (χ4v) is 3.58. The maximum atomic E-state index is 13.3. The van der Waals surface area contributed by atoms with Crippen molar-refractivity contribution < 1.29 is 13.2 Å². The third-order valence-electron chi connectivity index (χ3n) is 5.18. The summed E-state index contributed by atoms with van der Waals surface area (Å²) in [5.74, 6) is 6.50. The molecule has 0 spiro atoms. The highest BCUT2D eigenvalue weighted by Gasteiger charge is 2.44. The van der Waals surface area contributed by atoms with E-state index in [0.717, 1.165) is 17.7 Å². The van der Waals surface area contributed by atoms with Crippen molar-refractivity contribution in [3.63, 3.8) is 0 Å². The molecule has 2 aromatic rings. The Hall–Kier alpha value is -2.68. The van der Waals surface area contributed by atoms with Gasteiger partial charge < -0.3 is 10.6 Å². The number of fused-ring (bicyclic) bond motifs is 1. The Morgan fingerprint density at radius 3 is 2.67 bits per heavy atom. The zero-order chi connectivity index (χ0) is 21.5. The van der Waals surface area contributed by atoms with Crippen molar-refractivity contribution >= 4 is 5.69 Å². The highest BCUT2D eigenvalue weighted by molar-refractivity contribution is 5.57. The average molecular weight is 420 g/mol. The number of aromatic nitrogens is 4. The van der Waals surface area contributed by atoms with Crippen molar-refractivity contribution in [3.8, 4) is 11.8 Å². The topological polar surface area (TPSA) is 102 Å². The summed E-state index contributed by atoms with van der Waals surface area (Å²) in [6.45, 7) is 0.987. The number of nitrogens with two attached hydrogens (primary N) is 2. The Balaban J connectivity index is 1.71. The number of rotatable bonds is 4. The second-order valence-electron chi connectivity index (χ2n) is 7.66. The quantitative estimate of drug-likeness (QED) is 0.721. The second-order valence-corrected chi connectivity index (χ2v) is 7.66. The van der Waals surface area contributed by atoms with Crippen LogP contribution in [0.25, 0.3) is 0 Å². The molecule has 4 rings (SSSR count). The molecule has 0 radical (unpaired) electrons. The number of nitrogens with zero attached hydrogens (tertiary/aromatic N) is 6. The van der Waals surface area contributed by atoms with Gasteiger partial charge in [0.1, 0.15) is 30.8 Å². The van der Waals surface area contributed by atoms with Crippen molar-refractivity contribution in [2.75, 3.05) is 11.4 Å². The SMILES string of the molecule is CC(Cn1cncn1)N1c2ccc(C#CC3CC3)nc2C(N)N(CC(F)(F)F)C1N. The van der Waals surface area contributed by atoms with Crippen molar-refractivity contribution in [1.29, 1.82) is 0 Å². The van der Waals surface area contributed by atoms with Gasteiger partial charge in [-0.15, -0.1) is 0 Å². The summed E-state index contributed by atoms with van der Waals surface area (Å²) in [6, 6.07) is 3.23. The van der Waals surface area contributed by atoms with Crippen LogP contribution in [0, 0.1) is 17.8 Å². The van der Waals surface area contributed by atoms with Gasteiger partial charge in [-0.3, -0.25) is 10.4 Å². The van der Waals surface area contributed by atoms with Gasteiger partial charge in [0.15, 0.2) is 0 Å². The highest BCUT2D eigenvalue weighted by atomic mass is 19.4. The molecule has 30 heavy (non-hydrogen) atoms. The lowest BCUT2D eigenvalue weighted by Gasteiger charge is -2.48. The van der Waals surface area contributed by atoms with E-state index in [1.165, 1.54) is 6.33 Å². The molecule has 0 aromatic carbocycles. The average Bonchev–Trinajstić information content (AvgIpc) is 3.38. The summed E-state index contributed by atoms with van der Waals surface area (Å²) in [4.78, 5) is 11.1. The Morgan fingerprint density at radius 1 is 1.27 bits per heavy atom. The van der Waals surface area contributed by atoms with Crippen LogP contribution in [0.1, 0.15) is 37.3 Å². The van der Waals surface area contributed by atoms with Gasteiger partial charge in [0.25, 0.3) is 0 Å². The van der Waals surface area contributed by atoms with Crippen molar-refractivity contribution in [2.45, 2.75) is 51.0 Å². The fourth-order valence-electron chi connectivity index (χ4n) is 3.58. The molecule has 1 aliphatic carbocycles. The first-order valence-electron chi connectivity index (χ1n) is 9.70. The van der Waals surface area contributed by atoms with E-state index in [-0.39, 0.29) is 6.04 Å². The molecule has 1 saturated carbocycles. The van der Waals surface area contributed by atoms with Gasteiger partial charge in [-0.05, 0) is 37.8 Å². The third-order valence-corrected chi connectivity index (χ3v) is 5.18. The van der Waals surface area contributed by atoms with E-state index in [1.807, 2.05) is 6.92 Å². The van der Waals surface area contributed by atoms with Crippen LogP contribution in [0.2, 0.25) is 0 Å². The van der Waals surface area contributed by atoms with Crippen LogP contribution >= 0.6 is 0 Å². The van der Waals surface area contributed by atoms with Crippen LogP contribution in [-0.4, -0.2) is 49.7 Å². The first-order valence-corrected chi connectivity index (χ1v) is 9.70. The summed E-state index contributed by atoms with van der Waals surface area (Å²) in [5.41, 5.74) is 13.9. The predicted molar refractivity (Wildman–Crippen MR) is 103 cm³/mol. The molecule has 8 nitrogen and oxygen atoms in total. The van der Waals surface area contributed by atoms with Crippen molar-refractivity contribution in [2.24, 2.45) is 17.4 Å². The normalized spacial score (nSPS) is 22.9. The van der Waals surface area contributed by atoms with E-state index in [2.05, 4.69) is 26.9 Å². The molecule has 0 amide bonds. The first-order chi connectivity index (χ1) is 14.2. The van der Waals surface area contributed by atoms with E-state index in [0.29, 0.717) is 29.5 Å². The van der Waals surface area contributed by atoms with Crippen molar-refractivity contribution in [3.05, 3.63) is 36.2 Å². The van der Waals surface area contributed by atoms with Gasteiger partial charge in [-0.2, -0.15) is 18.3 Å². The Kier molecular flexibility index (Phi) is 5.40. The van der Waals surface area contributed by atoms with E-state index in [4.69, 9.17) is 11.5 Å². The molecule has 1 fully saturated rings. The van der Waals surface area contributed by atoms with Gasteiger partial charge in [-0.1, -0.05) is 5.92 Å². The lowest BCUT2D eigenvalue weighted by atomic mass is 10.1. The summed E-state index contributed by atoms with van der Waals surface area (Å²) in [6.07, 6.45) is -1.57. The van der Waals surface area contributed by atoms with Crippen LogP contribution in [0.15, 0.2) is 24.8 Å². The van der Waals surface area contributed by atoms with Crippen LogP contribution in [-0.2, 0) is 6.54 Å². The lowest BCUT2D eigenvalue weighted by Crippen LogP contribution is -2.65. The van der Waals surface area contributed by atoms with Gasteiger partial charge >= 0.3 is 6.18 Å². The fraction of sp³-hybridized carbons (Fsp3) is 0.526. The number of alkyl halides is 3. The molecule has 3 atom stereocenters. The number of hydrogen-bond donors (Lipinski definition) is 2. The van der Waals surface area contributed by atoms with Gasteiger partial charge in [-0.25, -0.2) is 14.9 Å². The Labute approximate surface area is 172 Å². The molecule has 3 unspecified atom stereocenters. The third kappa shape index (κ3) is 4.40. The standard InChI is InChI=1S/C19H23F3N8/c1-12(8-28-11-25-10-26-28)30-15-7-6-14(5-4-13-2-3-13)27-16(15)17(23)29(18(30)24)9-19(20,21)22/h6-7,10-13,17-18H,2-3,8-9,23-24H2,1H3. The molecule has 2 aliphatic rings. The van der Waals surface area contributed by atoms with E-state index < -0.39 is 25.2 Å². The monoisotopic (exact) mass is 420 g/mol. The molecule has 3 heterocycles. The maximum absolute atomic E-state index is 13.3. The Bertz CT molecular complexity index is 945. The molecule has 2 aromatic heterocycles. The summed E-state index contributed by atoms with van der Waals surface area (Å²) < 4.78 is 41.4. The van der Waals surface area contributed by atoms with Gasteiger partial charge in [0.2, 0.25) is 0 Å². The molecule has 11 heteroatoms. The molecule has 0 saturated heterocycles. The molecular formula is C19H23F3N8. The minimum absolute atomic E-state index is 0.297. The van der Waals surface area contributed by atoms with Gasteiger partial charge in [0, 0.05) is 12.0 Å². The first kappa shape index (κ1) is 20.6. The van der Waals surface area contributed by atoms with Crippen LogP contribution in [0.4, 0.5) is 18.9 Å². The zero-order valence-corrected chi connectivity index (χ0v) is 16.4. The summed E-state index contributed by atoms with van der Waals surface area (Å²) >= 11 is 0. The van der Waals surface area contributed by atoms with E-state index in [1.54, 1.807) is 28.0 Å². The maximum Gasteiger partial charge on any atom is 0.401 e. The van der Waals surface area contributed by atoms with E-state index in [9.17, 15) is 13.2 Å². The number of hydrogen-bond acceptors (Lipinski definition) is 7. The van der Waals surface area contributed by atoms with Gasteiger partial charge in [0.05, 0.1) is 24.5 Å². The minimum atomic E-state index is -4.46. The number of halogens is 3. The zero-order valence-electron chi connectivity index (χ0n) is 16.4. The van der Waals surface area contributed by atoms with Crippen LogP contribution in [0.3, 0.4) is 0 Å². The largest absolute Gasteiger partial charge is 0.401 e. The number of pyridine rings is 1. The van der Waals surface area contributed by atoms with Crippen LogP contribution < -0.4 is 16.4 Å². The molecule has 4 N–H and O–H groups in total. The van der Waals surface area contributed by atoms with Crippen LogP contribution in [0.5, 0.6) is 0 Å². The second kappa shape index (κ2) is 7.86. The summed E-state index contributed by atoms with van der Waals surface area (Å²) in [5, 5.41) is 4.07. The lowest BCUT2D eigenvalue weighted by molar-refractivity contribution is -0.158. The van der Waals surface area contributed by atoms with E-state index >= 15 is 0 Å². The Morgan fingerprint density at radius 2 is 2.03 bits per heavy atom.